The number of nitrogens with one attached hydrogen (secondary N) is 3. The number of carbonyl (C=O) groups is 1. The topological polar surface area (TPSA) is 85.9 Å². The first-order valence-electron chi connectivity index (χ1n) is 11.1. The lowest BCUT2D eigenvalue weighted by atomic mass is 9.86. The van der Waals surface area contributed by atoms with E-state index in [1.54, 1.807) is 66.5 Å². The number of para-hydroxylation sites is 1. The number of carbonyl (C=O) groups excluding carboxylic acids is 1. The number of benzene rings is 2. The van der Waals surface area contributed by atoms with Gasteiger partial charge in [0.25, 0.3) is 11.8 Å². The lowest BCUT2D eigenvalue weighted by molar-refractivity contribution is -0.0765. The van der Waals surface area contributed by atoms with E-state index < -0.39 is 23.6 Å². The van der Waals surface area contributed by atoms with Gasteiger partial charge in [-0.2, -0.15) is 5.10 Å². The summed E-state index contributed by atoms with van der Waals surface area (Å²) in [5.41, 5.74) is 1.53. The molecule has 4 aromatic rings. The molecule has 1 aliphatic heterocycles. The normalized spacial score (nSPS) is 17.9. The molecule has 5 rings (SSSR count). The van der Waals surface area contributed by atoms with Crippen LogP contribution in [0.5, 0.6) is 0 Å². The van der Waals surface area contributed by atoms with Crippen LogP contribution in [-0.2, 0) is 0 Å². The molecule has 1 fully saturated rings. The molecule has 0 bridgehead atoms. The van der Waals surface area contributed by atoms with Crippen LogP contribution in [0.1, 0.15) is 28.3 Å². The largest absolute Gasteiger partial charge is 0.338 e. The van der Waals surface area contributed by atoms with Crippen LogP contribution in [0.2, 0.25) is 0 Å². The molecule has 1 saturated heterocycles. The number of aromatic nitrogens is 3. The summed E-state index contributed by atoms with van der Waals surface area (Å²) in [5.74, 6) is -3.83. The number of amides is 1. The number of hydrogen-bond acceptors (Lipinski definition) is 5. The summed E-state index contributed by atoms with van der Waals surface area (Å²) < 4.78 is 42.8. The van der Waals surface area contributed by atoms with Crippen molar-refractivity contribution in [3.05, 3.63) is 77.6 Å². The summed E-state index contributed by atoms with van der Waals surface area (Å²) in [6.07, 6.45) is 0.356. The summed E-state index contributed by atoms with van der Waals surface area (Å²) in [6.45, 7) is 0.317. The van der Waals surface area contributed by atoms with Crippen molar-refractivity contribution in [3.8, 4) is 0 Å². The van der Waals surface area contributed by atoms with Gasteiger partial charge in [0.2, 0.25) is 0 Å². The van der Waals surface area contributed by atoms with Gasteiger partial charge in [0.1, 0.15) is 11.6 Å². The van der Waals surface area contributed by atoms with Crippen LogP contribution >= 0.6 is 0 Å². The van der Waals surface area contributed by atoms with Crippen LogP contribution in [0, 0.1) is 5.82 Å². The van der Waals surface area contributed by atoms with E-state index in [-0.39, 0.29) is 18.1 Å². The number of H-pyrrole nitrogens is 1. The van der Waals surface area contributed by atoms with Crippen LogP contribution in [0.25, 0.3) is 11.0 Å². The fraction of sp³-hybridized carbons (Fsp3) is 0.240. The minimum absolute atomic E-state index is 0.279. The molecule has 1 aliphatic rings. The van der Waals surface area contributed by atoms with Gasteiger partial charge in [-0.25, -0.2) is 18.2 Å². The van der Waals surface area contributed by atoms with Gasteiger partial charge in [-0.1, -0.05) is 24.3 Å². The Morgan fingerprint density at radius 3 is 2.63 bits per heavy atom. The Hall–Kier alpha value is -3.92. The Balaban J connectivity index is 1.29. The lowest BCUT2D eigenvalue weighted by Gasteiger charge is -2.36. The van der Waals surface area contributed by atoms with Crippen LogP contribution in [0.4, 0.5) is 30.5 Å². The number of piperidine rings is 1. The number of likely N-dealkylation sites (tertiary alicyclic amines) is 1. The van der Waals surface area contributed by atoms with Crippen molar-refractivity contribution >= 4 is 34.3 Å². The minimum atomic E-state index is -2.82. The Morgan fingerprint density at radius 1 is 1.11 bits per heavy atom. The smallest absolute Gasteiger partial charge is 0.267 e. The maximum Gasteiger partial charge on any atom is 0.267 e. The highest BCUT2D eigenvalue weighted by Gasteiger charge is 2.44. The van der Waals surface area contributed by atoms with Crippen molar-refractivity contribution in [2.24, 2.45) is 0 Å². The maximum absolute atomic E-state index is 14.5. The molecule has 1 atom stereocenters. The fourth-order valence-corrected chi connectivity index (χ4v) is 4.34. The number of rotatable bonds is 5. The first kappa shape index (κ1) is 22.9. The van der Waals surface area contributed by atoms with E-state index in [4.69, 9.17) is 0 Å². The van der Waals surface area contributed by atoms with Gasteiger partial charge in [-0.05, 0) is 62.0 Å². The average molecular weight is 480 g/mol. The van der Waals surface area contributed by atoms with E-state index in [1.807, 2.05) is 0 Å². The summed E-state index contributed by atoms with van der Waals surface area (Å²) in [7, 11) is 1.69. The molecule has 0 saturated carbocycles. The molecule has 180 valence electrons. The number of fused-ring (bicyclic) bond motifs is 1. The maximum atomic E-state index is 14.5. The zero-order chi connectivity index (χ0) is 24.6. The predicted octanol–water partition coefficient (Wildman–Crippen LogP) is 5.15. The number of anilines is 3. The molecule has 2 aromatic heterocycles. The predicted molar refractivity (Wildman–Crippen MR) is 128 cm³/mol. The third-order valence-corrected chi connectivity index (χ3v) is 6.16. The van der Waals surface area contributed by atoms with E-state index in [1.165, 1.54) is 6.07 Å². The van der Waals surface area contributed by atoms with E-state index >= 15 is 0 Å². The van der Waals surface area contributed by atoms with Gasteiger partial charge < -0.3 is 15.5 Å². The van der Waals surface area contributed by atoms with E-state index in [9.17, 15) is 18.0 Å². The van der Waals surface area contributed by atoms with Gasteiger partial charge in [0.15, 0.2) is 11.5 Å². The molecule has 3 N–H and O–H groups in total. The van der Waals surface area contributed by atoms with E-state index in [0.717, 1.165) is 0 Å². The average Bonchev–Trinajstić information content (AvgIpc) is 3.22. The standard InChI is InChI=1S/C25H23F3N6O/c1-34-13-12-18(25(27,28)14-34)15-6-8-16(9-7-15)24(35)31-23-17-10-11-21(30-22(17)32-33-23)29-20-5-3-2-4-19(20)26/h2-11,18H,12-14H2,1H3,(H3,29,30,31,32,33,35)/t18-/m0/s1. The highest BCUT2D eigenvalue weighted by Crippen LogP contribution is 2.39. The van der Waals surface area contributed by atoms with E-state index in [0.29, 0.717) is 40.9 Å². The molecule has 10 heteroatoms. The van der Waals surface area contributed by atoms with Crippen molar-refractivity contribution in [2.75, 3.05) is 30.8 Å². The first-order chi connectivity index (χ1) is 16.8. The Labute approximate surface area is 199 Å². The molecule has 1 amide bonds. The number of halogens is 3. The third kappa shape index (κ3) is 4.69. The molecule has 0 spiro atoms. The van der Waals surface area contributed by atoms with Gasteiger partial charge in [-0.3, -0.25) is 9.89 Å². The van der Waals surface area contributed by atoms with Gasteiger partial charge in [0.05, 0.1) is 23.5 Å². The number of pyridine rings is 1. The Kier molecular flexibility index (Phi) is 5.89. The van der Waals surface area contributed by atoms with Crippen molar-refractivity contribution < 1.29 is 18.0 Å². The molecule has 0 radical (unpaired) electrons. The van der Waals surface area contributed by atoms with Crippen LogP contribution in [-0.4, -0.2) is 52.0 Å². The Bertz CT molecular complexity index is 1370. The quantitative estimate of drug-likeness (QED) is 0.368. The second-order valence-corrected chi connectivity index (χ2v) is 8.69. The second kappa shape index (κ2) is 9.03. The molecule has 7 nitrogen and oxygen atoms in total. The SMILES string of the molecule is CN1CC[C@@H](c2ccc(C(=O)Nc3n[nH]c4nc(Nc5ccccc5F)ccc34)cc2)C(F)(F)C1. The van der Waals surface area contributed by atoms with Crippen molar-refractivity contribution in [1.29, 1.82) is 0 Å². The molecule has 0 unspecified atom stereocenters. The van der Waals surface area contributed by atoms with Gasteiger partial charge in [0, 0.05) is 5.56 Å². The molecular formula is C25H23F3N6O. The first-order valence-corrected chi connectivity index (χ1v) is 11.1. The lowest BCUT2D eigenvalue weighted by Crippen LogP contribution is -2.45. The number of nitrogens with zero attached hydrogens (tertiary/aromatic N) is 3. The van der Waals surface area contributed by atoms with Crippen molar-refractivity contribution in [1.82, 2.24) is 20.1 Å². The monoisotopic (exact) mass is 480 g/mol. The molecule has 3 heterocycles. The number of hydrogen-bond donors (Lipinski definition) is 3. The fourth-order valence-electron chi connectivity index (χ4n) is 4.34. The highest BCUT2D eigenvalue weighted by molar-refractivity contribution is 6.07. The van der Waals surface area contributed by atoms with Crippen LogP contribution in [0.15, 0.2) is 60.7 Å². The molecule has 0 aliphatic carbocycles. The minimum Gasteiger partial charge on any atom is -0.338 e. The third-order valence-electron chi connectivity index (χ3n) is 6.16. The molecular weight excluding hydrogens is 457 g/mol. The van der Waals surface area contributed by atoms with Crippen molar-refractivity contribution in [3.63, 3.8) is 0 Å². The molecule has 35 heavy (non-hydrogen) atoms. The van der Waals surface area contributed by atoms with Crippen molar-refractivity contribution in [2.45, 2.75) is 18.3 Å². The second-order valence-electron chi connectivity index (χ2n) is 8.69. The number of alkyl halides is 2. The summed E-state index contributed by atoms with van der Waals surface area (Å²) >= 11 is 0. The zero-order valence-electron chi connectivity index (χ0n) is 18.9. The van der Waals surface area contributed by atoms with Crippen LogP contribution in [0.3, 0.4) is 0 Å². The number of aromatic amines is 1. The van der Waals surface area contributed by atoms with Gasteiger partial charge >= 0.3 is 0 Å². The Morgan fingerprint density at radius 2 is 1.89 bits per heavy atom. The summed E-state index contributed by atoms with van der Waals surface area (Å²) in [4.78, 5) is 18.8. The zero-order valence-corrected chi connectivity index (χ0v) is 18.9. The summed E-state index contributed by atoms with van der Waals surface area (Å²) in [5, 5.41) is 13.1. The highest BCUT2D eigenvalue weighted by atomic mass is 19.3. The molecule has 2 aromatic carbocycles. The van der Waals surface area contributed by atoms with Gasteiger partial charge in [-0.15, -0.1) is 0 Å². The van der Waals surface area contributed by atoms with Crippen LogP contribution < -0.4 is 10.6 Å². The summed E-state index contributed by atoms with van der Waals surface area (Å²) in [6, 6.07) is 15.9. The van der Waals surface area contributed by atoms with E-state index in [2.05, 4.69) is 25.8 Å².